The fourth-order valence-corrected chi connectivity index (χ4v) is 2.79. The van der Waals surface area contributed by atoms with Crippen molar-refractivity contribution in [2.75, 3.05) is 25.0 Å². The molecule has 1 unspecified atom stereocenters. The Hall–Kier alpha value is -2.08. The largest absolute Gasteiger partial charge is 0.482 e. The van der Waals surface area contributed by atoms with Crippen LogP contribution >= 0.6 is 0 Å². The average Bonchev–Trinajstić information content (AvgIpc) is 2.44. The number of nitrogens with zero attached hydrogens (tertiary/aromatic N) is 1. The number of carbonyl (C=O) groups is 2. The van der Waals surface area contributed by atoms with Gasteiger partial charge in [-0.2, -0.15) is 0 Å². The number of benzene rings is 1. The number of likely N-dealkylation sites (tertiary alicyclic amines) is 1. The van der Waals surface area contributed by atoms with E-state index in [1.54, 1.807) is 30.0 Å². The molecule has 2 heterocycles. The van der Waals surface area contributed by atoms with Crippen LogP contribution in [0.3, 0.4) is 0 Å². The second-order valence-corrected chi connectivity index (χ2v) is 5.87. The van der Waals surface area contributed by atoms with Crippen LogP contribution in [0.25, 0.3) is 0 Å². The Balaban J connectivity index is 1.82. The Morgan fingerprint density at radius 3 is 3.05 bits per heavy atom. The first-order valence-corrected chi connectivity index (χ1v) is 7.03. The summed E-state index contributed by atoms with van der Waals surface area (Å²) in [6, 6.07) is 4.99. The lowest BCUT2D eigenvalue weighted by molar-refractivity contribution is -0.118. The van der Waals surface area contributed by atoms with Crippen molar-refractivity contribution in [1.82, 2.24) is 4.90 Å². The Bertz CT molecular complexity index is 597. The van der Waals surface area contributed by atoms with Crippen LogP contribution in [0.5, 0.6) is 5.75 Å². The Morgan fingerprint density at radius 1 is 1.48 bits per heavy atom. The summed E-state index contributed by atoms with van der Waals surface area (Å²) in [7, 11) is 0. The molecule has 0 aromatic heterocycles. The Kier molecular flexibility index (Phi) is 3.33. The third-order valence-corrected chi connectivity index (χ3v) is 3.82. The molecule has 0 radical (unpaired) electrons. The molecule has 0 saturated carbocycles. The molecule has 2 aliphatic rings. The molecule has 1 aromatic carbocycles. The Labute approximate surface area is 122 Å². The van der Waals surface area contributed by atoms with Gasteiger partial charge >= 0.3 is 0 Å². The van der Waals surface area contributed by atoms with Crippen LogP contribution in [-0.4, -0.2) is 47.1 Å². The predicted octanol–water partition coefficient (Wildman–Crippen LogP) is 1.00. The van der Waals surface area contributed by atoms with Crippen molar-refractivity contribution in [2.24, 2.45) is 0 Å². The number of carbonyl (C=O) groups excluding carboxylic acids is 2. The van der Waals surface area contributed by atoms with Gasteiger partial charge in [0.15, 0.2) is 6.61 Å². The van der Waals surface area contributed by atoms with E-state index in [0.717, 1.165) is 6.42 Å². The van der Waals surface area contributed by atoms with Crippen molar-refractivity contribution in [3.8, 4) is 5.75 Å². The number of ether oxygens (including phenoxy) is 1. The number of aliphatic hydroxyl groups is 1. The van der Waals surface area contributed by atoms with E-state index in [0.29, 0.717) is 36.5 Å². The van der Waals surface area contributed by atoms with E-state index < -0.39 is 5.60 Å². The number of hydrogen-bond acceptors (Lipinski definition) is 4. The Morgan fingerprint density at radius 2 is 2.29 bits per heavy atom. The molecule has 6 nitrogen and oxygen atoms in total. The topological polar surface area (TPSA) is 78.9 Å². The normalized spacial score (nSPS) is 24.9. The summed E-state index contributed by atoms with van der Waals surface area (Å²) in [5.74, 6) is 0.197. The molecule has 21 heavy (non-hydrogen) atoms. The van der Waals surface area contributed by atoms with Crippen molar-refractivity contribution in [1.29, 1.82) is 0 Å². The number of fused-ring (bicyclic) bond motifs is 1. The zero-order valence-corrected chi connectivity index (χ0v) is 11.9. The van der Waals surface area contributed by atoms with Crippen molar-refractivity contribution in [3.05, 3.63) is 23.8 Å². The summed E-state index contributed by atoms with van der Waals surface area (Å²) < 4.78 is 5.27. The van der Waals surface area contributed by atoms with Crippen LogP contribution in [0.1, 0.15) is 30.1 Å². The number of piperidine rings is 1. The molecule has 1 atom stereocenters. The minimum Gasteiger partial charge on any atom is -0.482 e. The molecule has 1 aromatic rings. The lowest BCUT2D eigenvalue weighted by Crippen LogP contribution is -2.48. The monoisotopic (exact) mass is 290 g/mol. The second kappa shape index (κ2) is 5.04. The molecule has 2 amide bonds. The van der Waals surface area contributed by atoms with Crippen molar-refractivity contribution < 1.29 is 19.4 Å². The summed E-state index contributed by atoms with van der Waals surface area (Å²) in [5.41, 5.74) is 0.164. The third kappa shape index (κ3) is 2.85. The highest BCUT2D eigenvalue weighted by Crippen LogP contribution is 2.29. The number of amides is 2. The molecule has 112 valence electrons. The van der Waals surface area contributed by atoms with Crippen LogP contribution in [0, 0.1) is 0 Å². The molecule has 0 bridgehead atoms. The lowest BCUT2D eigenvalue weighted by Gasteiger charge is -2.37. The number of nitrogens with one attached hydrogen (secondary N) is 1. The van der Waals surface area contributed by atoms with E-state index in [2.05, 4.69) is 5.32 Å². The maximum Gasteiger partial charge on any atom is 0.262 e. The molecule has 2 N–H and O–H groups in total. The zero-order valence-electron chi connectivity index (χ0n) is 11.9. The van der Waals surface area contributed by atoms with Gasteiger partial charge in [0.05, 0.1) is 11.3 Å². The summed E-state index contributed by atoms with van der Waals surface area (Å²) in [5, 5.41) is 12.8. The first-order valence-electron chi connectivity index (χ1n) is 7.03. The van der Waals surface area contributed by atoms with Crippen LogP contribution < -0.4 is 10.1 Å². The zero-order chi connectivity index (χ0) is 15.0. The minimum atomic E-state index is -0.834. The van der Waals surface area contributed by atoms with E-state index in [-0.39, 0.29) is 18.4 Å². The molecular weight excluding hydrogens is 272 g/mol. The van der Waals surface area contributed by atoms with Gasteiger partial charge in [-0.25, -0.2) is 0 Å². The maximum atomic E-state index is 12.5. The van der Waals surface area contributed by atoms with Gasteiger partial charge in [-0.05, 0) is 38.0 Å². The molecule has 6 heteroatoms. The minimum absolute atomic E-state index is 0.00468. The molecule has 2 aliphatic heterocycles. The summed E-state index contributed by atoms with van der Waals surface area (Å²) >= 11 is 0. The highest BCUT2D eigenvalue weighted by Gasteiger charge is 2.31. The summed E-state index contributed by atoms with van der Waals surface area (Å²) in [6.45, 7) is 2.70. The van der Waals surface area contributed by atoms with Crippen LogP contribution in [0.2, 0.25) is 0 Å². The van der Waals surface area contributed by atoms with Gasteiger partial charge in [-0.3, -0.25) is 9.59 Å². The number of hydrogen-bond donors (Lipinski definition) is 2. The van der Waals surface area contributed by atoms with Gasteiger partial charge < -0.3 is 20.1 Å². The van der Waals surface area contributed by atoms with Crippen LogP contribution in [0.15, 0.2) is 18.2 Å². The first kappa shape index (κ1) is 13.9. The van der Waals surface area contributed by atoms with Crippen LogP contribution in [-0.2, 0) is 4.79 Å². The van der Waals surface area contributed by atoms with E-state index >= 15 is 0 Å². The van der Waals surface area contributed by atoms with E-state index in [9.17, 15) is 14.7 Å². The fraction of sp³-hybridized carbons (Fsp3) is 0.467. The fourth-order valence-electron chi connectivity index (χ4n) is 2.79. The number of rotatable bonds is 1. The lowest BCUT2D eigenvalue weighted by atomic mass is 9.94. The van der Waals surface area contributed by atoms with E-state index in [1.807, 2.05) is 0 Å². The van der Waals surface area contributed by atoms with Gasteiger partial charge in [0, 0.05) is 18.7 Å². The van der Waals surface area contributed by atoms with Gasteiger partial charge in [-0.1, -0.05) is 0 Å². The average molecular weight is 290 g/mol. The SMILES string of the molecule is CC1(O)CCCN(C(=O)c2ccc3c(c2)NC(=O)CO3)C1. The molecule has 1 fully saturated rings. The van der Waals surface area contributed by atoms with E-state index in [1.165, 1.54) is 0 Å². The highest BCUT2D eigenvalue weighted by molar-refractivity contribution is 5.99. The molecule has 0 spiro atoms. The summed E-state index contributed by atoms with van der Waals surface area (Å²) in [4.78, 5) is 25.5. The first-order chi connectivity index (χ1) is 9.94. The molecule has 0 aliphatic carbocycles. The maximum absolute atomic E-state index is 12.5. The molecule has 3 rings (SSSR count). The second-order valence-electron chi connectivity index (χ2n) is 5.87. The highest BCUT2D eigenvalue weighted by atomic mass is 16.5. The summed E-state index contributed by atoms with van der Waals surface area (Å²) in [6.07, 6.45) is 1.48. The molecule has 1 saturated heterocycles. The van der Waals surface area contributed by atoms with Crippen molar-refractivity contribution in [3.63, 3.8) is 0 Å². The van der Waals surface area contributed by atoms with Gasteiger partial charge in [0.25, 0.3) is 11.8 Å². The smallest absolute Gasteiger partial charge is 0.262 e. The molecular formula is C15H18N2O4. The van der Waals surface area contributed by atoms with Gasteiger partial charge in [0.2, 0.25) is 0 Å². The van der Waals surface area contributed by atoms with Gasteiger partial charge in [0.1, 0.15) is 5.75 Å². The van der Waals surface area contributed by atoms with Crippen LogP contribution in [0.4, 0.5) is 5.69 Å². The standard InChI is InChI=1S/C15H18N2O4/c1-15(20)5-2-6-17(9-15)14(19)10-3-4-12-11(7-10)16-13(18)8-21-12/h3-4,7,20H,2,5-6,8-9H2,1H3,(H,16,18). The predicted molar refractivity (Wildman–Crippen MR) is 76.3 cm³/mol. The van der Waals surface area contributed by atoms with Crippen molar-refractivity contribution >= 4 is 17.5 Å². The van der Waals surface area contributed by atoms with Crippen molar-refractivity contribution in [2.45, 2.75) is 25.4 Å². The van der Waals surface area contributed by atoms with E-state index in [4.69, 9.17) is 4.74 Å². The van der Waals surface area contributed by atoms with Gasteiger partial charge in [-0.15, -0.1) is 0 Å². The number of β-amino-alcohol motifs (C(OH)–C–C–N with tert-alkyl or cyclic N) is 1. The number of anilines is 1. The quantitative estimate of drug-likeness (QED) is 0.809. The third-order valence-electron chi connectivity index (χ3n) is 3.82.